The zero-order valence-corrected chi connectivity index (χ0v) is 9.78. The minimum atomic E-state index is 1.00. The molecule has 1 rings (SSSR count). The lowest BCUT2D eigenvalue weighted by molar-refractivity contribution is 1.05. The van der Waals surface area contributed by atoms with Gasteiger partial charge in [0.1, 0.15) is 0 Å². The van der Waals surface area contributed by atoms with E-state index < -0.39 is 0 Å². The molecule has 0 heterocycles. The summed E-state index contributed by atoms with van der Waals surface area (Å²) in [5.74, 6) is 0. The van der Waals surface area contributed by atoms with Crippen LogP contribution in [0.25, 0.3) is 0 Å². The third-order valence-corrected chi connectivity index (χ3v) is 2.56. The van der Waals surface area contributed by atoms with Gasteiger partial charge in [0, 0.05) is 12.2 Å². The van der Waals surface area contributed by atoms with Crippen molar-refractivity contribution in [1.29, 1.82) is 0 Å². The van der Waals surface area contributed by atoms with Crippen LogP contribution in [0, 0.1) is 6.92 Å². The van der Waals surface area contributed by atoms with Gasteiger partial charge in [-0.05, 0) is 37.8 Å². The van der Waals surface area contributed by atoms with Crippen LogP contribution >= 0.6 is 0 Å². The van der Waals surface area contributed by atoms with Gasteiger partial charge in [0.2, 0.25) is 0 Å². The zero-order valence-electron chi connectivity index (χ0n) is 9.78. The van der Waals surface area contributed by atoms with Crippen molar-refractivity contribution in [2.24, 2.45) is 0 Å². The first-order valence-corrected chi connectivity index (χ1v) is 5.59. The third kappa shape index (κ3) is 2.28. The number of anilines is 1. The molecule has 0 saturated heterocycles. The van der Waals surface area contributed by atoms with Gasteiger partial charge in [-0.1, -0.05) is 31.5 Å². The average Bonchev–Trinajstić information content (AvgIpc) is 2.20. The second-order valence-electron chi connectivity index (χ2n) is 3.70. The van der Waals surface area contributed by atoms with Gasteiger partial charge >= 0.3 is 0 Å². The number of aryl methyl sites for hydroxylation is 3. The fraction of sp³-hybridized carbons (Fsp3) is 0.538. The van der Waals surface area contributed by atoms with Crippen LogP contribution in [0.3, 0.4) is 0 Å². The Labute approximate surface area is 87.5 Å². The molecule has 0 aliphatic heterocycles. The molecule has 1 nitrogen and oxygen atoms in total. The first-order valence-electron chi connectivity index (χ1n) is 5.59. The second-order valence-corrected chi connectivity index (χ2v) is 3.70. The van der Waals surface area contributed by atoms with Crippen molar-refractivity contribution in [3.8, 4) is 0 Å². The number of hydrogen-bond donors (Lipinski definition) is 1. The molecule has 1 aromatic rings. The molecule has 0 aliphatic carbocycles. The van der Waals surface area contributed by atoms with Crippen LogP contribution in [-0.2, 0) is 12.8 Å². The first-order chi connectivity index (χ1) is 6.72. The van der Waals surface area contributed by atoms with Crippen LogP contribution < -0.4 is 5.32 Å². The molecule has 78 valence electrons. The van der Waals surface area contributed by atoms with Crippen molar-refractivity contribution in [1.82, 2.24) is 0 Å². The molecule has 0 spiro atoms. The number of benzene rings is 1. The van der Waals surface area contributed by atoms with Crippen molar-refractivity contribution < 1.29 is 0 Å². The molecule has 0 unspecified atom stereocenters. The molecule has 0 aromatic heterocycles. The lowest BCUT2D eigenvalue weighted by atomic mass is 10.00. The van der Waals surface area contributed by atoms with E-state index in [0.717, 1.165) is 19.4 Å². The molecule has 0 amide bonds. The molecule has 0 aliphatic rings. The summed E-state index contributed by atoms with van der Waals surface area (Å²) in [7, 11) is 0. The Morgan fingerprint density at radius 1 is 1.00 bits per heavy atom. The maximum Gasteiger partial charge on any atom is 0.0405 e. The number of nitrogens with one attached hydrogen (secondary N) is 1. The van der Waals surface area contributed by atoms with Crippen molar-refractivity contribution in [2.75, 3.05) is 11.9 Å². The average molecular weight is 191 g/mol. The molecule has 0 bridgehead atoms. The maximum atomic E-state index is 3.47. The van der Waals surface area contributed by atoms with Gasteiger partial charge in [-0.2, -0.15) is 0 Å². The lowest BCUT2D eigenvalue weighted by Gasteiger charge is -2.15. The van der Waals surface area contributed by atoms with E-state index in [2.05, 4.69) is 45.1 Å². The first kappa shape index (κ1) is 11.1. The molecule has 0 saturated carbocycles. The highest BCUT2D eigenvalue weighted by molar-refractivity contribution is 5.59. The highest BCUT2D eigenvalue weighted by atomic mass is 14.9. The fourth-order valence-corrected chi connectivity index (χ4v) is 1.90. The van der Waals surface area contributed by atoms with E-state index in [-0.39, 0.29) is 0 Å². The van der Waals surface area contributed by atoms with E-state index in [0.29, 0.717) is 0 Å². The summed E-state index contributed by atoms with van der Waals surface area (Å²) in [6, 6.07) is 4.58. The summed E-state index contributed by atoms with van der Waals surface area (Å²) in [4.78, 5) is 0. The Morgan fingerprint density at radius 2 is 1.50 bits per heavy atom. The van der Waals surface area contributed by atoms with E-state index in [9.17, 15) is 0 Å². The van der Waals surface area contributed by atoms with Gasteiger partial charge in [0.05, 0.1) is 0 Å². The molecule has 0 radical (unpaired) electrons. The summed E-state index contributed by atoms with van der Waals surface area (Å²) in [6.45, 7) is 9.76. The minimum absolute atomic E-state index is 1.00. The van der Waals surface area contributed by atoms with E-state index in [1.54, 1.807) is 0 Å². The molecular formula is C13H21N. The van der Waals surface area contributed by atoms with Gasteiger partial charge in [0.15, 0.2) is 0 Å². The predicted octanol–water partition coefficient (Wildman–Crippen LogP) is 3.55. The standard InChI is InChI=1S/C13H21N/c1-5-11-8-10(4)9-12(6-2)13(11)14-7-3/h8-9,14H,5-7H2,1-4H3. The molecule has 0 fully saturated rings. The summed E-state index contributed by atoms with van der Waals surface area (Å²) < 4.78 is 0. The van der Waals surface area contributed by atoms with E-state index in [4.69, 9.17) is 0 Å². The maximum absolute atomic E-state index is 3.47. The Bertz CT molecular complexity index is 277. The van der Waals surface area contributed by atoms with Crippen LogP contribution in [0.2, 0.25) is 0 Å². The van der Waals surface area contributed by atoms with Crippen LogP contribution in [0.5, 0.6) is 0 Å². The normalized spacial score (nSPS) is 10.3. The van der Waals surface area contributed by atoms with Gasteiger partial charge < -0.3 is 5.32 Å². The fourth-order valence-electron chi connectivity index (χ4n) is 1.90. The Kier molecular flexibility index (Phi) is 3.99. The molecule has 14 heavy (non-hydrogen) atoms. The van der Waals surface area contributed by atoms with Crippen molar-refractivity contribution in [2.45, 2.75) is 40.5 Å². The largest absolute Gasteiger partial charge is 0.385 e. The van der Waals surface area contributed by atoms with Crippen LogP contribution in [0.15, 0.2) is 12.1 Å². The topological polar surface area (TPSA) is 12.0 Å². The third-order valence-electron chi connectivity index (χ3n) is 2.56. The number of rotatable bonds is 4. The van der Waals surface area contributed by atoms with E-state index >= 15 is 0 Å². The summed E-state index contributed by atoms with van der Waals surface area (Å²) >= 11 is 0. The predicted molar refractivity (Wildman–Crippen MR) is 64.1 cm³/mol. The lowest BCUT2D eigenvalue weighted by Crippen LogP contribution is -2.04. The van der Waals surface area contributed by atoms with Crippen LogP contribution in [0.4, 0.5) is 5.69 Å². The zero-order chi connectivity index (χ0) is 10.6. The van der Waals surface area contributed by atoms with Crippen molar-refractivity contribution in [3.05, 3.63) is 28.8 Å². The summed E-state index contributed by atoms with van der Waals surface area (Å²) in [6.07, 6.45) is 2.22. The van der Waals surface area contributed by atoms with E-state index in [1.807, 2.05) is 0 Å². The second kappa shape index (κ2) is 5.04. The molecular weight excluding hydrogens is 170 g/mol. The Balaban J connectivity index is 3.18. The Morgan fingerprint density at radius 3 is 1.86 bits per heavy atom. The minimum Gasteiger partial charge on any atom is -0.385 e. The highest BCUT2D eigenvalue weighted by Gasteiger charge is 2.05. The molecule has 1 N–H and O–H groups in total. The number of hydrogen-bond acceptors (Lipinski definition) is 1. The summed E-state index contributed by atoms with van der Waals surface area (Å²) in [5, 5.41) is 3.47. The van der Waals surface area contributed by atoms with Crippen molar-refractivity contribution in [3.63, 3.8) is 0 Å². The van der Waals surface area contributed by atoms with Crippen LogP contribution in [-0.4, -0.2) is 6.54 Å². The summed E-state index contributed by atoms with van der Waals surface area (Å²) in [5.41, 5.74) is 5.64. The SMILES string of the molecule is CCNc1c(CC)cc(C)cc1CC. The monoisotopic (exact) mass is 191 g/mol. The van der Waals surface area contributed by atoms with Gasteiger partial charge in [-0.15, -0.1) is 0 Å². The van der Waals surface area contributed by atoms with Gasteiger partial charge in [-0.25, -0.2) is 0 Å². The molecule has 1 heteroatoms. The van der Waals surface area contributed by atoms with E-state index in [1.165, 1.54) is 22.4 Å². The quantitative estimate of drug-likeness (QED) is 0.767. The highest BCUT2D eigenvalue weighted by Crippen LogP contribution is 2.24. The molecule has 1 aromatic carbocycles. The smallest absolute Gasteiger partial charge is 0.0405 e. The molecule has 0 atom stereocenters. The Hall–Kier alpha value is -0.980. The van der Waals surface area contributed by atoms with Gasteiger partial charge in [0.25, 0.3) is 0 Å². The van der Waals surface area contributed by atoms with Gasteiger partial charge in [-0.3, -0.25) is 0 Å². The van der Waals surface area contributed by atoms with Crippen LogP contribution in [0.1, 0.15) is 37.5 Å². The van der Waals surface area contributed by atoms with Crippen molar-refractivity contribution >= 4 is 5.69 Å².